The fourth-order valence-corrected chi connectivity index (χ4v) is 3.28. The molecule has 8 nitrogen and oxygen atoms in total. The van der Waals surface area contributed by atoms with E-state index in [1.165, 1.54) is 0 Å². The van der Waals surface area contributed by atoms with Gasteiger partial charge in [-0.15, -0.1) is 0 Å². The lowest BCUT2D eigenvalue weighted by molar-refractivity contribution is 0.0931. The minimum absolute atomic E-state index is 0.200. The number of imidazole rings is 1. The summed E-state index contributed by atoms with van der Waals surface area (Å²) in [4.78, 5) is 16.8. The fraction of sp³-hybridized carbons (Fsp3) is 0.286. The first kappa shape index (κ1) is 21.1. The average molecular weight is 422 g/mol. The first-order valence-corrected chi connectivity index (χ1v) is 9.69. The Labute approximate surface area is 179 Å². The molecule has 2 heterocycles. The molecule has 0 fully saturated rings. The van der Waals surface area contributed by atoms with E-state index in [-0.39, 0.29) is 17.6 Å². The van der Waals surface area contributed by atoms with E-state index in [2.05, 4.69) is 21.5 Å². The predicted molar refractivity (Wildman–Crippen MR) is 112 cm³/mol. The van der Waals surface area contributed by atoms with Gasteiger partial charge >= 0.3 is 0 Å². The van der Waals surface area contributed by atoms with E-state index in [1.54, 1.807) is 47.5 Å². The van der Waals surface area contributed by atoms with Crippen molar-refractivity contribution in [1.82, 2.24) is 24.6 Å². The summed E-state index contributed by atoms with van der Waals surface area (Å²) in [5.74, 6) is 0.306. The largest absolute Gasteiger partial charge is 0.346 e. The van der Waals surface area contributed by atoms with E-state index in [0.717, 1.165) is 11.3 Å². The number of hydrogen-bond acceptors (Lipinski definition) is 5. The Balaban J connectivity index is 1.65. The van der Waals surface area contributed by atoms with Crippen LogP contribution >= 0.6 is 11.6 Å². The number of nitrogens with zero attached hydrogens (tertiary/aromatic N) is 6. The number of aromatic nitrogens is 4. The van der Waals surface area contributed by atoms with Crippen molar-refractivity contribution in [3.63, 3.8) is 0 Å². The summed E-state index contributed by atoms with van der Waals surface area (Å²) in [6.07, 6.45) is 3.41. The molecule has 152 valence electrons. The first-order chi connectivity index (χ1) is 14.3. The van der Waals surface area contributed by atoms with Crippen molar-refractivity contribution in [3.8, 4) is 23.4 Å². The van der Waals surface area contributed by atoms with Crippen LogP contribution in [0.5, 0.6) is 0 Å². The summed E-state index contributed by atoms with van der Waals surface area (Å²) in [5, 5.41) is 25.8. The standard InChI is InChI=1S/C21H20ClN7O/c1-13(25-21(30)20-12-29(14(2)9-23)15(3)26-20)11-28-7-6-19(27-28)16-4-5-17(10-24)18(22)8-16/h4-8,12-14H,11H2,1-3H3,(H,25,30). The van der Waals surface area contributed by atoms with E-state index in [9.17, 15) is 4.79 Å². The Morgan fingerprint density at radius 2 is 2.07 bits per heavy atom. The van der Waals surface area contributed by atoms with Gasteiger partial charge < -0.3 is 9.88 Å². The number of carbonyl (C=O) groups is 1. The zero-order valence-corrected chi connectivity index (χ0v) is 17.6. The van der Waals surface area contributed by atoms with Crippen LogP contribution in [0.25, 0.3) is 11.3 Å². The molecule has 0 radical (unpaired) electrons. The molecule has 1 amide bonds. The van der Waals surface area contributed by atoms with E-state index in [4.69, 9.17) is 22.1 Å². The van der Waals surface area contributed by atoms with Gasteiger partial charge in [0.1, 0.15) is 23.6 Å². The number of benzene rings is 1. The Morgan fingerprint density at radius 3 is 2.73 bits per heavy atom. The quantitative estimate of drug-likeness (QED) is 0.654. The molecule has 9 heteroatoms. The van der Waals surface area contributed by atoms with Crippen molar-refractivity contribution in [2.75, 3.05) is 0 Å². The number of rotatable bonds is 6. The maximum absolute atomic E-state index is 12.5. The number of hydrogen-bond donors (Lipinski definition) is 1. The lowest BCUT2D eigenvalue weighted by Gasteiger charge is -2.13. The van der Waals surface area contributed by atoms with Gasteiger partial charge in [-0.2, -0.15) is 15.6 Å². The zero-order chi connectivity index (χ0) is 21.8. The monoisotopic (exact) mass is 421 g/mol. The second kappa shape index (κ2) is 8.81. The summed E-state index contributed by atoms with van der Waals surface area (Å²) < 4.78 is 3.40. The summed E-state index contributed by atoms with van der Waals surface area (Å²) in [5.41, 5.74) is 2.22. The lowest BCUT2D eigenvalue weighted by Crippen LogP contribution is -2.36. The minimum Gasteiger partial charge on any atom is -0.346 e. The summed E-state index contributed by atoms with van der Waals surface area (Å²) in [7, 11) is 0. The molecule has 1 aromatic carbocycles. The maximum Gasteiger partial charge on any atom is 0.271 e. The molecule has 0 aliphatic carbocycles. The molecule has 2 atom stereocenters. The van der Waals surface area contributed by atoms with Crippen LogP contribution in [-0.4, -0.2) is 31.3 Å². The number of nitriles is 2. The Bertz CT molecular complexity index is 1160. The van der Waals surface area contributed by atoms with E-state index >= 15 is 0 Å². The van der Waals surface area contributed by atoms with Crippen molar-refractivity contribution in [1.29, 1.82) is 10.5 Å². The zero-order valence-electron chi connectivity index (χ0n) is 16.8. The van der Waals surface area contributed by atoms with Crippen LogP contribution in [0, 0.1) is 29.6 Å². The van der Waals surface area contributed by atoms with Gasteiger partial charge in [0.2, 0.25) is 0 Å². The average Bonchev–Trinajstić information content (AvgIpc) is 3.34. The number of aryl methyl sites for hydroxylation is 1. The van der Waals surface area contributed by atoms with Crippen LogP contribution < -0.4 is 5.32 Å². The molecule has 30 heavy (non-hydrogen) atoms. The van der Waals surface area contributed by atoms with Gasteiger partial charge in [-0.25, -0.2) is 4.98 Å². The van der Waals surface area contributed by atoms with E-state index in [1.807, 2.05) is 25.3 Å². The fourth-order valence-electron chi connectivity index (χ4n) is 3.06. The molecule has 2 unspecified atom stereocenters. The van der Waals surface area contributed by atoms with Crippen LogP contribution in [0.15, 0.2) is 36.7 Å². The highest BCUT2D eigenvalue weighted by Crippen LogP contribution is 2.24. The lowest BCUT2D eigenvalue weighted by atomic mass is 10.1. The highest BCUT2D eigenvalue weighted by Gasteiger charge is 2.17. The Kier molecular flexibility index (Phi) is 6.20. The van der Waals surface area contributed by atoms with Crippen molar-refractivity contribution in [2.45, 2.75) is 39.4 Å². The van der Waals surface area contributed by atoms with Crippen molar-refractivity contribution in [2.24, 2.45) is 0 Å². The molecule has 0 bridgehead atoms. The SMILES string of the molecule is Cc1nc(C(=O)NC(C)Cn2ccc(-c3ccc(C#N)c(Cl)c3)n2)cn1C(C)C#N. The van der Waals surface area contributed by atoms with Gasteiger partial charge in [-0.05, 0) is 39.0 Å². The summed E-state index contributed by atoms with van der Waals surface area (Å²) in [6.45, 7) is 5.84. The number of nitrogens with one attached hydrogen (secondary N) is 1. The number of amides is 1. The molecular weight excluding hydrogens is 402 g/mol. The molecule has 0 saturated carbocycles. The molecule has 2 aromatic heterocycles. The minimum atomic E-state index is -0.394. The third-order valence-electron chi connectivity index (χ3n) is 4.62. The maximum atomic E-state index is 12.5. The van der Waals surface area contributed by atoms with Crippen molar-refractivity contribution < 1.29 is 4.79 Å². The van der Waals surface area contributed by atoms with Gasteiger partial charge in [-0.1, -0.05) is 17.7 Å². The molecule has 0 aliphatic heterocycles. The van der Waals surface area contributed by atoms with Gasteiger partial charge in [0.05, 0.1) is 28.9 Å². The molecular formula is C21H20ClN7O. The highest BCUT2D eigenvalue weighted by atomic mass is 35.5. The first-order valence-electron chi connectivity index (χ1n) is 9.31. The normalized spacial score (nSPS) is 12.6. The van der Waals surface area contributed by atoms with Gasteiger partial charge in [0.15, 0.2) is 0 Å². The van der Waals surface area contributed by atoms with Crippen LogP contribution in [0.1, 0.15) is 41.8 Å². The van der Waals surface area contributed by atoms with Crippen molar-refractivity contribution >= 4 is 17.5 Å². The smallest absolute Gasteiger partial charge is 0.271 e. The highest BCUT2D eigenvalue weighted by molar-refractivity contribution is 6.32. The molecule has 0 saturated heterocycles. The second-order valence-corrected chi connectivity index (χ2v) is 7.40. The Hall–Kier alpha value is -3.62. The van der Waals surface area contributed by atoms with E-state index < -0.39 is 6.04 Å². The number of carbonyl (C=O) groups excluding carboxylic acids is 1. The summed E-state index contributed by atoms with van der Waals surface area (Å²) in [6, 6.07) is 10.6. The third-order valence-corrected chi connectivity index (χ3v) is 4.93. The van der Waals surface area contributed by atoms with Gasteiger partial charge in [0.25, 0.3) is 5.91 Å². The Morgan fingerprint density at radius 1 is 1.30 bits per heavy atom. The van der Waals surface area contributed by atoms with Crippen LogP contribution in [0.2, 0.25) is 5.02 Å². The van der Waals surface area contributed by atoms with Crippen molar-refractivity contribution in [3.05, 3.63) is 58.8 Å². The van der Waals surface area contributed by atoms with E-state index in [0.29, 0.717) is 23.0 Å². The molecule has 3 aromatic rings. The van der Waals surface area contributed by atoms with Crippen LogP contribution in [-0.2, 0) is 6.54 Å². The molecule has 3 rings (SSSR count). The number of halogens is 1. The second-order valence-electron chi connectivity index (χ2n) is 6.99. The van der Waals surface area contributed by atoms with Gasteiger partial charge in [-0.3, -0.25) is 9.48 Å². The third kappa shape index (κ3) is 4.51. The molecule has 1 N–H and O–H groups in total. The topological polar surface area (TPSA) is 112 Å². The molecule has 0 aliphatic rings. The van der Waals surface area contributed by atoms with Crippen LogP contribution in [0.4, 0.5) is 0 Å². The molecule has 0 spiro atoms. The predicted octanol–water partition coefficient (Wildman–Crippen LogP) is 3.48. The van der Waals surface area contributed by atoms with Gasteiger partial charge in [0, 0.05) is 24.0 Å². The van der Waals surface area contributed by atoms with Crippen LogP contribution in [0.3, 0.4) is 0 Å². The summed E-state index contributed by atoms with van der Waals surface area (Å²) >= 11 is 6.10.